The summed E-state index contributed by atoms with van der Waals surface area (Å²) in [6.45, 7) is 4.38. The first-order valence-corrected chi connectivity index (χ1v) is 5.74. The minimum absolute atomic E-state index is 0.0212. The number of rotatable bonds is 2. The van der Waals surface area contributed by atoms with Gasteiger partial charge in [-0.15, -0.1) is 0 Å². The number of nitrogens with one attached hydrogen (secondary N) is 4. The molecule has 1 aliphatic heterocycles. The molecular weight excluding hydrogens is 220 g/mol. The zero-order chi connectivity index (χ0) is 11.5. The molecule has 1 heterocycles. The van der Waals surface area contributed by atoms with E-state index in [0.29, 0.717) is 11.0 Å². The van der Waals surface area contributed by atoms with E-state index in [1.807, 2.05) is 0 Å². The molecule has 4 nitrogen and oxygen atoms in total. The summed E-state index contributed by atoms with van der Waals surface area (Å²) < 4.78 is 0. The van der Waals surface area contributed by atoms with E-state index in [2.05, 4.69) is 59.8 Å². The molecule has 0 radical (unpaired) electrons. The number of hydrogen-bond acceptors (Lipinski definition) is 3. The molecule has 0 unspecified atom stereocenters. The molecule has 0 spiro atoms. The van der Waals surface area contributed by atoms with Crippen molar-refractivity contribution in [3.63, 3.8) is 0 Å². The Labute approximate surface area is 101 Å². The molecule has 0 aromatic heterocycles. The third-order valence-electron chi connectivity index (χ3n) is 2.60. The molecule has 0 saturated carbocycles. The molecule has 0 aliphatic carbocycles. The minimum atomic E-state index is 0.0212. The van der Waals surface area contributed by atoms with E-state index >= 15 is 0 Å². The summed E-state index contributed by atoms with van der Waals surface area (Å²) in [4.78, 5) is 0. The monoisotopic (exact) mass is 236 g/mol. The first-order chi connectivity index (χ1) is 7.66. The summed E-state index contributed by atoms with van der Waals surface area (Å²) in [6, 6.07) is 8.52. The summed E-state index contributed by atoms with van der Waals surface area (Å²) in [5.74, 6) is 0.560. The Morgan fingerprint density at radius 2 is 1.62 bits per heavy atom. The first-order valence-electron chi connectivity index (χ1n) is 5.33. The second kappa shape index (κ2) is 4.78. The lowest BCUT2D eigenvalue weighted by Crippen LogP contribution is -2.61. The van der Waals surface area contributed by atoms with Crippen LogP contribution in [0.2, 0.25) is 0 Å². The summed E-state index contributed by atoms with van der Waals surface area (Å²) in [5, 5.41) is 0.551. The van der Waals surface area contributed by atoms with Gasteiger partial charge in [0.15, 0.2) is 5.11 Å². The molecule has 0 atom stereocenters. The van der Waals surface area contributed by atoms with Gasteiger partial charge in [0.2, 0.25) is 0 Å². The Bertz CT molecular complexity index is 364. The zero-order valence-corrected chi connectivity index (χ0v) is 10.2. The van der Waals surface area contributed by atoms with E-state index in [-0.39, 0.29) is 6.17 Å². The highest BCUT2D eigenvalue weighted by Crippen LogP contribution is 2.17. The summed E-state index contributed by atoms with van der Waals surface area (Å²) in [5.41, 5.74) is 14.4. The van der Waals surface area contributed by atoms with Crippen LogP contribution >= 0.6 is 12.2 Å². The molecule has 4 N–H and O–H groups in total. The Kier molecular flexibility index (Phi) is 3.38. The van der Waals surface area contributed by atoms with Crippen molar-refractivity contribution in [3.05, 3.63) is 35.4 Å². The lowest BCUT2D eigenvalue weighted by Gasteiger charge is -2.28. The van der Waals surface area contributed by atoms with Crippen LogP contribution in [0.15, 0.2) is 24.3 Å². The van der Waals surface area contributed by atoms with Gasteiger partial charge in [0.05, 0.1) is 0 Å². The van der Waals surface area contributed by atoms with Crippen LogP contribution in [-0.2, 0) is 0 Å². The fraction of sp³-hybridized carbons (Fsp3) is 0.364. The Morgan fingerprint density at radius 1 is 1.06 bits per heavy atom. The van der Waals surface area contributed by atoms with Gasteiger partial charge in [-0.25, -0.2) is 10.9 Å². The van der Waals surface area contributed by atoms with Crippen LogP contribution in [0.1, 0.15) is 37.1 Å². The van der Waals surface area contributed by atoms with Gasteiger partial charge in [-0.1, -0.05) is 38.1 Å². The van der Waals surface area contributed by atoms with Crippen LogP contribution in [0.25, 0.3) is 0 Å². The Morgan fingerprint density at radius 3 is 2.12 bits per heavy atom. The van der Waals surface area contributed by atoms with Gasteiger partial charge in [0.25, 0.3) is 0 Å². The summed E-state index contributed by atoms with van der Waals surface area (Å²) >= 11 is 4.92. The maximum Gasteiger partial charge on any atom is 0.195 e. The van der Waals surface area contributed by atoms with E-state index in [1.54, 1.807) is 0 Å². The van der Waals surface area contributed by atoms with Crippen molar-refractivity contribution in [2.75, 3.05) is 0 Å². The second-order valence-corrected chi connectivity index (χ2v) is 4.53. The Hall–Kier alpha value is -1.17. The smallest absolute Gasteiger partial charge is 0.195 e. The fourth-order valence-corrected chi connectivity index (χ4v) is 1.70. The zero-order valence-electron chi connectivity index (χ0n) is 9.37. The number of hydrogen-bond donors (Lipinski definition) is 4. The van der Waals surface area contributed by atoms with E-state index in [1.165, 1.54) is 5.56 Å². The predicted molar refractivity (Wildman–Crippen MR) is 68.4 cm³/mol. The molecule has 1 fully saturated rings. The van der Waals surface area contributed by atoms with Crippen molar-refractivity contribution < 1.29 is 0 Å². The van der Waals surface area contributed by atoms with Crippen LogP contribution in [0.4, 0.5) is 0 Å². The van der Waals surface area contributed by atoms with E-state index < -0.39 is 0 Å². The lowest BCUT2D eigenvalue weighted by atomic mass is 10.0. The molecule has 16 heavy (non-hydrogen) atoms. The molecular formula is C11H16N4S. The maximum absolute atomic E-state index is 4.92. The molecule has 5 heteroatoms. The quantitative estimate of drug-likeness (QED) is 0.583. The number of thiocarbonyl (C=S) groups is 1. The maximum atomic E-state index is 4.92. The van der Waals surface area contributed by atoms with Crippen LogP contribution in [0.3, 0.4) is 0 Å². The highest BCUT2D eigenvalue weighted by Gasteiger charge is 2.15. The minimum Gasteiger partial charge on any atom is -0.295 e. The molecule has 0 amide bonds. The molecule has 1 aromatic carbocycles. The molecule has 86 valence electrons. The molecule has 0 bridgehead atoms. The van der Waals surface area contributed by atoms with Crippen molar-refractivity contribution >= 4 is 17.3 Å². The second-order valence-electron chi connectivity index (χ2n) is 4.12. The van der Waals surface area contributed by atoms with Crippen molar-refractivity contribution in [1.29, 1.82) is 0 Å². The largest absolute Gasteiger partial charge is 0.295 e. The normalized spacial score (nSPS) is 17.1. The van der Waals surface area contributed by atoms with Crippen LogP contribution in [-0.4, -0.2) is 5.11 Å². The van der Waals surface area contributed by atoms with Crippen molar-refractivity contribution in [1.82, 2.24) is 21.7 Å². The van der Waals surface area contributed by atoms with Gasteiger partial charge in [-0.2, -0.15) is 0 Å². The van der Waals surface area contributed by atoms with Gasteiger partial charge in [-0.3, -0.25) is 10.9 Å². The van der Waals surface area contributed by atoms with Crippen LogP contribution < -0.4 is 21.7 Å². The van der Waals surface area contributed by atoms with Crippen molar-refractivity contribution in [2.24, 2.45) is 0 Å². The SMILES string of the molecule is CC(C)c1ccc(C2NNC(=S)NN2)cc1. The third-order valence-corrected chi connectivity index (χ3v) is 2.80. The predicted octanol–water partition coefficient (Wildman–Crippen LogP) is 1.30. The summed E-state index contributed by atoms with van der Waals surface area (Å²) in [6.07, 6.45) is 0.0212. The van der Waals surface area contributed by atoms with Crippen molar-refractivity contribution in [2.45, 2.75) is 25.9 Å². The lowest BCUT2D eigenvalue weighted by molar-refractivity contribution is 0.362. The van der Waals surface area contributed by atoms with Crippen LogP contribution in [0.5, 0.6) is 0 Å². The van der Waals surface area contributed by atoms with Gasteiger partial charge >= 0.3 is 0 Å². The van der Waals surface area contributed by atoms with Crippen molar-refractivity contribution in [3.8, 4) is 0 Å². The topological polar surface area (TPSA) is 48.1 Å². The third kappa shape index (κ3) is 2.49. The molecule has 1 saturated heterocycles. The first kappa shape index (κ1) is 11.3. The van der Waals surface area contributed by atoms with Crippen LogP contribution in [0, 0.1) is 0 Å². The van der Waals surface area contributed by atoms with E-state index in [0.717, 1.165) is 5.56 Å². The van der Waals surface area contributed by atoms with Gasteiger partial charge in [0.1, 0.15) is 6.17 Å². The standard InChI is InChI=1S/C11H16N4S/c1-7(2)8-3-5-9(6-4-8)10-12-14-11(16)15-13-10/h3-7,10,12-13H,1-2H3,(H2,14,15,16). The molecule has 1 aromatic rings. The van der Waals surface area contributed by atoms with Gasteiger partial charge in [0, 0.05) is 0 Å². The molecule has 1 aliphatic rings. The average molecular weight is 236 g/mol. The highest BCUT2D eigenvalue weighted by atomic mass is 32.1. The number of benzene rings is 1. The van der Waals surface area contributed by atoms with Gasteiger partial charge in [-0.05, 0) is 29.3 Å². The molecule has 2 rings (SSSR count). The van der Waals surface area contributed by atoms with E-state index in [4.69, 9.17) is 12.2 Å². The number of hydrazine groups is 2. The van der Waals surface area contributed by atoms with Gasteiger partial charge < -0.3 is 0 Å². The van der Waals surface area contributed by atoms with E-state index in [9.17, 15) is 0 Å². The Balaban J connectivity index is 2.07. The highest BCUT2D eigenvalue weighted by molar-refractivity contribution is 7.80. The average Bonchev–Trinajstić information content (AvgIpc) is 2.30. The fourth-order valence-electron chi connectivity index (χ4n) is 1.58. The summed E-state index contributed by atoms with van der Waals surface area (Å²) in [7, 11) is 0.